The van der Waals surface area contributed by atoms with E-state index in [9.17, 15) is 13.2 Å². The molecular weight excluding hydrogens is 360 g/mol. The van der Waals surface area contributed by atoms with E-state index in [-0.39, 0.29) is 11.8 Å². The molecule has 1 amide bonds. The molecule has 1 fully saturated rings. The van der Waals surface area contributed by atoms with Crippen molar-refractivity contribution in [2.24, 2.45) is 5.92 Å². The highest BCUT2D eigenvalue weighted by Gasteiger charge is 2.33. The summed E-state index contributed by atoms with van der Waals surface area (Å²) in [6.45, 7) is 5.24. The summed E-state index contributed by atoms with van der Waals surface area (Å²) in [4.78, 5) is 15.1. The Morgan fingerprint density at radius 2 is 1.63 bits per heavy atom. The van der Waals surface area contributed by atoms with Gasteiger partial charge in [-0.1, -0.05) is 35.9 Å². The maximum Gasteiger partial charge on any atom is 0.243 e. The first-order valence-electron chi connectivity index (χ1n) is 9.36. The number of sulfonamides is 1. The smallest absolute Gasteiger partial charge is 0.243 e. The first kappa shape index (κ1) is 19.6. The van der Waals surface area contributed by atoms with Crippen molar-refractivity contribution < 1.29 is 13.2 Å². The number of carbonyl (C=O) groups is 1. The van der Waals surface area contributed by atoms with Crippen molar-refractivity contribution >= 4 is 21.6 Å². The van der Waals surface area contributed by atoms with E-state index >= 15 is 0 Å². The summed E-state index contributed by atoms with van der Waals surface area (Å²) in [6.07, 6.45) is 1.10. The summed E-state index contributed by atoms with van der Waals surface area (Å²) >= 11 is 0. The zero-order valence-corrected chi connectivity index (χ0v) is 16.7. The molecule has 0 radical (unpaired) electrons. The Balaban J connectivity index is 1.67. The molecule has 6 heteroatoms. The number of hydrogen-bond donors (Lipinski definition) is 0. The molecule has 0 spiro atoms. The number of carbonyl (C=O) groups excluding carboxylic acids is 1. The van der Waals surface area contributed by atoms with Gasteiger partial charge in [0.25, 0.3) is 0 Å². The van der Waals surface area contributed by atoms with Crippen LogP contribution in [0.15, 0.2) is 59.5 Å². The van der Waals surface area contributed by atoms with Crippen LogP contribution in [-0.4, -0.2) is 38.3 Å². The molecule has 1 aliphatic rings. The minimum atomic E-state index is -3.50. The molecule has 2 aromatic rings. The van der Waals surface area contributed by atoms with Gasteiger partial charge in [0.1, 0.15) is 0 Å². The highest BCUT2D eigenvalue weighted by molar-refractivity contribution is 7.89. The van der Waals surface area contributed by atoms with E-state index in [2.05, 4.69) is 0 Å². The molecular formula is C21H26N2O3S. The Labute approximate surface area is 161 Å². The number of nitrogens with zero attached hydrogens (tertiary/aromatic N) is 2. The molecule has 1 saturated heterocycles. The monoisotopic (exact) mass is 386 g/mol. The quantitative estimate of drug-likeness (QED) is 0.791. The molecule has 0 unspecified atom stereocenters. The van der Waals surface area contributed by atoms with Crippen LogP contribution >= 0.6 is 0 Å². The van der Waals surface area contributed by atoms with E-state index in [0.717, 1.165) is 11.3 Å². The number of benzene rings is 2. The highest BCUT2D eigenvalue weighted by atomic mass is 32.2. The molecule has 0 N–H and O–H groups in total. The van der Waals surface area contributed by atoms with E-state index < -0.39 is 10.0 Å². The number of aryl methyl sites for hydroxylation is 1. The molecule has 1 heterocycles. The van der Waals surface area contributed by atoms with Crippen LogP contribution in [0.4, 0.5) is 5.69 Å². The summed E-state index contributed by atoms with van der Waals surface area (Å²) in [5.41, 5.74) is 1.92. The molecule has 0 aromatic heterocycles. The Kier molecular flexibility index (Phi) is 5.97. The summed E-state index contributed by atoms with van der Waals surface area (Å²) in [7, 11) is -3.50. The predicted octanol–water partition coefficient (Wildman–Crippen LogP) is 3.45. The van der Waals surface area contributed by atoms with E-state index in [1.54, 1.807) is 17.0 Å². The fourth-order valence-electron chi connectivity index (χ4n) is 3.50. The van der Waals surface area contributed by atoms with Gasteiger partial charge >= 0.3 is 0 Å². The lowest BCUT2D eigenvalue weighted by atomic mass is 9.96. The van der Waals surface area contributed by atoms with E-state index in [0.29, 0.717) is 37.4 Å². The predicted molar refractivity (Wildman–Crippen MR) is 107 cm³/mol. The SMILES string of the molecule is CCN(C(=O)C1CCN(S(=O)(=O)c2ccc(C)cc2)CC1)c1ccccc1. The third-order valence-corrected chi connectivity index (χ3v) is 7.02. The molecule has 1 aliphatic heterocycles. The van der Waals surface area contributed by atoms with Gasteiger partial charge in [-0.3, -0.25) is 4.79 Å². The maximum absolute atomic E-state index is 13.0. The van der Waals surface area contributed by atoms with Crippen LogP contribution in [0.5, 0.6) is 0 Å². The van der Waals surface area contributed by atoms with Crippen molar-refractivity contribution in [1.29, 1.82) is 0 Å². The first-order valence-corrected chi connectivity index (χ1v) is 10.8. The van der Waals surface area contributed by atoms with Gasteiger partial charge in [0.2, 0.25) is 15.9 Å². The molecule has 0 saturated carbocycles. The normalized spacial score (nSPS) is 16.2. The topological polar surface area (TPSA) is 57.7 Å². The number of anilines is 1. The number of rotatable bonds is 5. The third-order valence-electron chi connectivity index (χ3n) is 5.11. The molecule has 144 valence electrons. The van der Waals surface area contributed by atoms with Crippen LogP contribution in [-0.2, 0) is 14.8 Å². The van der Waals surface area contributed by atoms with Gasteiger partial charge < -0.3 is 4.90 Å². The second kappa shape index (κ2) is 8.23. The van der Waals surface area contributed by atoms with Crippen molar-refractivity contribution in [3.05, 3.63) is 60.2 Å². The summed E-state index contributed by atoms with van der Waals surface area (Å²) in [5, 5.41) is 0. The van der Waals surface area contributed by atoms with Crippen molar-refractivity contribution in [2.45, 2.75) is 31.6 Å². The van der Waals surface area contributed by atoms with E-state index in [4.69, 9.17) is 0 Å². The second-order valence-electron chi connectivity index (χ2n) is 6.91. The van der Waals surface area contributed by atoms with Crippen LogP contribution in [0.1, 0.15) is 25.3 Å². The minimum absolute atomic E-state index is 0.0797. The van der Waals surface area contributed by atoms with Crippen molar-refractivity contribution in [3.63, 3.8) is 0 Å². The van der Waals surface area contributed by atoms with Gasteiger partial charge in [0.15, 0.2) is 0 Å². The van der Waals surface area contributed by atoms with Crippen LogP contribution < -0.4 is 4.90 Å². The number of piperidine rings is 1. The van der Waals surface area contributed by atoms with Gasteiger partial charge in [0.05, 0.1) is 4.90 Å². The number of para-hydroxylation sites is 1. The van der Waals surface area contributed by atoms with Gasteiger partial charge in [0, 0.05) is 31.2 Å². The Hall–Kier alpha value is -2.18. The molecule has 3 rings (SSSR count). The van der Waals surface area contributed by atoms with Gasteiger partial charge in [-0.25, -0.2) is 8.42 Å². The molecule has 0 atom stereocenters. The standard InChI is InChI=1S/C21H26N2O3S/c1-3-23(19-7-5-4-6-8-19)21(24)18-13-15-22(16-14-18)27(25,26)20-11-9-17(2)10-12-20/h4-12,18H,3,13-16H2,1-2H3. The Morgan fingerprint density at radius 3 is 2.19 bits per heavy atom. The van der Waals surface area contributed by atoms with E-state index in [1.807, 2.05) is 56.3 Å². The summed E-state index contributed by atoms with van der Waals surface area (Å²) < 4.78 is 27.1. The first-order chi connectivity index (χ1) is 12.9. The van der Waals surface area contributed by atoms with Crippen LogP contribution in [0.3, 0.4) is 0 Å². The number of amides is 1. The van der Waals surface area contributed by atoms with Gasteiger partial charge in [-0.05, 0) is 51.0 Å². The zero-order valence-electron chi connectivity index (χ0n) is 15.8. The van der Waals surface area contributed by atoms with Gasteiger partial charge in [-0.15, -0.1) is 0 Å². The third kappa shape index (κ3) is 4.22. The van der Waals surface area contributed by atoms with Crippen molar-refractivity contribution in [2.75, 3.05) is 24.5 Å². The minimum Gasteiger partial charge on any atom is -0.312 e. The largest absolute Gasteiger partial charge is 0.312 e. The maximum atomic E-state index is 13.0. The molecule has 27 heavy (non-hydrogen) atoms. The molecule has 2 aromatic carbocycles. The lowest BCUT2D eigenvalue weighted by molar-refractivity contribution is -0.123. The van der Waals surface area contributed by atoms with Gasteiger partial charge in [-0.2, -0.15) is 4.31 Å². The van der Waals surface area contributed by atoms with Crippen molar-refractivity contribution in [3.8, 4) is 0 Å². The summed E-state index contributed by atoms with van der Waals surface area (Å²) in [6, 6.07) is 16.5. The second-order valence-corrected chi connectivity index (χ2v) is 8.85. The lowest BCUT2D eigenvalue weighted by Gasteiger charge is -2.33. The van der Waals surface area contributed by atoms with Crippen molar-refractivity contribution in [1.82, 2.24) is 4.31 Å². The molecule has 0 bridgehead atoms. The van der Waals surface area contributed by atoms with E-state index in [1.165, 1.54) is 4.31 Å². The zero-order chi connectivity index (χ0) is 19.4. The highest BCUT2D eigenvalue weighted by Crippen LogP contribution is 2.27. The number of hydrogen-bond acceptors (Lipinski definition) is 3. The molecule has 5 nitrogen and oxygen atoms in total. The molecule has 0 aliphatic carbocycles. The lowest BCUT2D eigenvalue weighted by Crippen LogP contribution is -2.44. The van der Waals surface area contributed by atoms with Crippen LogP contribution in [0.2, 0.25) is 0 Å². The Bertz CT molecular complexity index is 871. The average Bonchev–Trinajstić information content (AvgIpc) is 2.70. The fraction of sp³-hybridized carbons (Fsp3) is 0.381. The van der Waals surface area contributed by atoms with Crippen LogP contribution in [0, 0.1) is 12.8 Å². The van der Waals surface area contributed by atoms with Crippen LogP contribution in [0.25, 0.3) is 0 Å². The Morgan fingerprint density at radius 1 is 1.04 bits per heavy atom. The fourth-order valence-corrected chi connectivity index (χ4v) is 4.97. The summed E-state index contributed by atoms with van der Waals surface area (Å²) in [5.74, 6) is -0.0642. The average molecular weight is 387 g/mol.